The summed E-state index contributed by atoms with van der Waals surface area (Å²) in [5, 5.41) is 0. The predicted molar refractivity (Wildman–Crippen MR) is 124 cm³/mol. The Morgan fingerprint density at radius 1 is 1.00 bits per heavy atom. The molecule has 28 heavy (non-hydrogen) atoms. The number of benzene rings is 1. The Hall–Kier alpha value is -1.61. The standard InChI is InChI=1S/C25H35BrO2/c1-6-9-24(28-25(27)22-14-16-23(26)17-15-22)18-21(5)13-8-12-20(4)11-7-10-19(2)3/h10,12,14-18,24H,6-9,11,13H2,1-5H3/b20-12+,21-18+/t24-/m0/s1. The third-order valence-corrected chi connectivity index (χ3v) is 5.03. The van der Waals surface area contributed by atoms with Crippen LogP contribution in [0.5, 0.6) is 0 Å². The van der Waals surface area contributed by atoms with Gasteiger partial charge in [-0.3, -0.25) is 0 Å². The van der Waals surface area contributed by atoms with Crippen LogP contribution < -0.4 is 0 Å². The first-order chi connectivity index (χ1) is 13.3. The van der Waals surface area contributed by atoms with Crippen molar-refractivity contribution < 1.29 is 9.53 Å². The van der Waals surface area contributed by atoms with Gasteiger partial charge in [0.2, 0.25) is 0 Å². The van der Waals surface area contributed by atoms with Crippen LogP contribution in [0.1, 0.15) is 83.5 Å². The molecule has 0 aliphatic heterocycles. The number of hydrogen-bond acceptors (Lipinski definition) is 2. The Morgan fingerprint density at radius 2 is 1.61 bits per heavy atom. The highest BCUT2D eigenvalue weighted by atomic mass is 79.9. The van der Waals surface area contributed by atoms with Crippen LogP contribution in [0.15, 0.2) is 63.7 Å². The van der Waals surface area contributed by atoms with E-state index in [-0.39, 0.29) is 12.1 Å². The first-order valence-electron chi connectivity index (χ1n) is 10.2. The zero-order valence-corrected chi connectivity index (χ0v) is 19.6. The molecule has 1 atom stereocenters. The second kappa shape index (κ2) is 13.5. The Balaban J connectivity index is 2.57. The van der Waals surface area contributed by atoms with Gasteiger partial charge in [0.05, 0.1) is 5.56 Å². The molecule has 0 saturated carbocycles. The lowest BCUT2D eigenvalue weighted by Gasteiger charge is -2.15. The average molecular weight is 447 g/mol. The van der Waals surface area contributed by atoms with Gasteiger partial charge in [-0.2, -0.15) is 0 Å². The molecule has 154 valence electrons. The highest BCUT2D eigenvalue weighted by Crippen LogP contribution is 2.17. The highest BCUT2D eigenvalue weighted by Gasteiger charge is 2.13. The van der Waals surface area contributed by atoms with Gasteiger partial charge in [-0.15, -0.1) is 0 Å². The molecule has 1 rings (SSSR count). The minimum Gasteiger partial charge on any atom is -0.455 e. The monoisotopic (exact) mass is 446 g/mol. The van der Waals surface area contributed by atoms with E-state index in [0.29, 0.717) is 5.56 Å². The summed E-state index contributed by atoms with van der Waals surface area (Å²) in [4.78, 5) is 12.4. The van der Waals surface area contributed by atoms with Crippen LogP contribution in [0.4, 0.5) is 0 Å². The third-order valence-electron chi connectivity index (χ3n) is 4.50. The van der Waals surface area contributed by atoms with E-state index in [1.807, 2.05) is 12.1 Å². The van der Waals surface area contributed by atoms with Gasteiger partial charge in [-0.05, 0) is 90.1 Å². The Morgan fingerprint density at radius 3 is 2.21 bits per heavy atom. The summed E-state index contributed by atoms with van der Waals surface area (Å²) in [6.45, 7) is 10.7. The van der Waals surface area contributed by atoms with Gasteiger partial charge in [0.15, 0.2) is 0 Å². The van der Waals surface area contributed by atoms with Gasteiger partial charge in [0, 0.05) is 4.47 Å². The van der Waals surface area contributed by atoms with E-state index >= 15 is 0 Å². The van der Waals surface area contributed by atoms with E-state index in [0.717, 1.165) is 43.0 Å². The molecule has 0 heterocycles. The van der Waals surface area contributed by atoms with Crippen molar-refractivity contribution in [1.82, 2.24) is 0 Å². The lowest BCUT2D eigenvalue weighted by atomic mass is 10.0. The Kier molecular flexibility index (Phi) is 11.8. The van der Waals surface area contributed by atoms with Crippen LogP contribution in [0.2, 0.25) is 0 Å². The SMILES string of the molecule is CCC[C@@H](/C=C(\C)CC/C=C(\C)CCC=C(C)C)OC(=O)c1ccc(Br)cc1. The zero-order valence-electron chi connectivity index (χ0n) is 18.1. The van der Waals surface area contributed by atoms with Crippen molar-refractivity contribution in [3.63, 3.8) is 0 Å². The van der Waals surface area contributed by atoms with Gasteiger partial charge >= 0.3 is 5.97 Å². The molecule has 0 fully saturated rings. The average Bonchev–Trinajstić information content (AvgIpc) is 2.62. The fourth-order valence-corrected chi connectivity index (χ4v) is 3.15. The number of allylic oxidation sites excluding steroid dienone is 5. The largest absolute Gasteiger partial charge is 0.455 e. The number of hydrogen-bond donors (Lipinski definition) is 0. The van der Waals surface area contributed by atoms with Crippen molar-refractivity contribution >= 4 is 21.9 Å². The molecule has 1 aromatic carbocycles. The smallest absolute Gasteiger partial charge is 0.338 e. The van der Waals surface area contributed by atoms with Crippen molar-refractivity contribution in [3.8, 4) is 0 Å². The lowest BCUT2D eigenvalue weighted by molar-refractivity contribution is 0.0378. The van der Waals surface area contributed by atoms with Crippen LogP contribution >= 0.6 is 15.9 Å². The molecule has 0 saturated heterocycles. The summed E-state index contributed by atoms with van der Waals surface area (Å²) in [5.74, 6) is -0.259. The summed E-state index contributed by atoms with van der Waals surface area (Å²) < 4.78 is 6.69. The molecule has 0 spiro atoms. The van der Waals surface area contributed by atoms with E-state index in [1.54, 1.807) is 12.1 Å². The Bertz CT molecular complexity index is 692. The molecule has 0 N–H and O–H groups in total. The van der Waals surface area contributed by atoms with Gasteiger partial charge in [-0.25, -0.2) is 4.79 Å². The van der Waals surface area contributed by atoms with Crippen LogP contribution in [0.3, 0.4) is 0 Å². The Labute approximate surface area is 179 Å². The van der Waals surface area contributed by atoms with E-state index in [4.69, 9.17) is 4.74 Å². The summed E-state index contributed by atoms with van der Waals surface area (Å²) in [5.41, 5.74) is 4.68. The minimum atomic E-state index is -0.259. The van der Waals surface area contributed by atoms with Crippen molar-refractivity contribution in [2.75, 3.05) is 0 Å². The second-order valence-electron chi connectivity index (χ2n) is 7.66. The normalized spacial score (nSPS) is 13.2. The summed E-state index contributed by atoms with van der Waals surface area (Å²) >= 11 is 3.39. The third kappa shape index (κ3) is 10.7. The maximum atomic E-state index is 12.4. The van der Waals surface area contributed by atoms with Crippen LogP contribution in [0, 0.1) is 0 Å². The summed E-state index contributed by atoms with van der Waals surface area (Å²) in [6, 6.07) is 7.29. The number of halogens is 1. The van der Waals surface area contributed by atoms with E-state index in [2.05, 4.69) is 68.8 Å². The molecule has 2 nitrogen and oxygen atoms in total. The molecule has 3 heteroatoms. The predicted octanol–water partition coefficient (Wildman–Crippen LogP) is 8.19. The van der Waals surface area contributed by atoms with E-state index < -0.39 is 0 Å². The van der Waals surface area contributed by atoms with Crippen LogP contribution in [-0.2, 0) is 4.74 Å². The van der Waals surface area contributed by atoms with Crippen LogP contribution in [-0.4, -0.2) is 12.1 Å². The van der Waals surface area contributed by atoms with Crippen molar-refractivity contribution in [3.05, 3.63) is 69.2 Å². The number of carbonyl (C=O) groups excluding carboxylic acids is 1. The fraction of sp³-hybridized carbons (Fsp3) is 0.480. The van der Waals surface area contributed by atoms with Gasteiger partial charge in [0.25, 0.3) is 0 Å². The molecule has 0 radical (unpaired) electrons. The van der Waals surface area contributed by atoms with Crippen molar-refractivity contribution in [2.45, 2.75) is 79.2 Å². The molecule has 0 unspecified atom stereocenters. The van der Waals surface area contributed by atoms with Crippen molar-refractivity contribution in [2.24, 2.45) is 0 Å². The first-order valence-corrected chi connectivity index (χ1v) is 11.0. The second-order valence-corrected chi connectivity index (χ2v) is 8.58. The van der Waals surface area contributed by atoms with Crippen molar-refractivity contribution in [1.29, 1.82) is 0 Å². The number of ether oxygens (including phenoxy) is 1. The molecular weight excluding hydrogens is 412 g/mol. The highest BCUT2D eigenvalue weighted by molar-refractivity contribution is 9.10. The summed E-state index contributed by atoms with van der Waals surface area (Å²) in [7, 11) is 0. The van der Waals surface area contributed by atoms with Crippen LogP contribution in [0.25, 0.3) is 0 Å². The maximum absolute atomic E-state index is 12.4. The number of esters is 1. The lowest BCUT2D eigenvalue weighted by Crippen LogP contribution is -2.16. The quantitative estimate of drug-likeness (QED) is 0.252. The molecule has 0 amide bonds. The van der Waals surface area contributed by atoms with Gasteiger partial charge < -0.3 is 4.74 Å². The number of rotatable bonds is 11. The van der Waals surface area contributed by atoms with E-state index in [1.165, 1.54) is 16.7 Å². The molecule has 0 bridgehead atoms. The fourth-order valence-electron chi connectivity index (χ4n) is 2.89. The zero-order chi connectivity index (χ0) is 20.9. The minimum absolute atomic E-state index is 0.163. The first kappa shape index (κ1) is 24.4. The number of carbonyl (C=O) groups is 1. The molecule has 0 aromatic heterocycles. The van der Waals surface area contributed by atoms with E-state index in [9.17, 15) is 4.79 Å². The molecule has 1 aromatic rings. The van der Waals surface area contributed by atoms with Gasteiger partial charge in [-0.1, -0.05) is 58.1 Å². The molecular formula is C25H35BrO2. The maximum Gasteiger partial charge on any atom is 0.338 e. The topological polar surface area (TPSA) is 26.3 Å². The molecule has 0 aliphatic carbocycles. The molecule has 0 aliphatic rings. The van der Waals surface area contributed by atoms with Gasteiger partial charge in [0.1, 0.15) is 6.10 Å². The summed E-state index contributed by atoms with van der Waals surface area (Å²) in [6.07, 6.45) is 12.7.